The van der Waals surface area contributed by atoms with E-state index in [1.54, 1.807) is 0 Å². The number of carbonyl (C=O) groups excluding carboxylic acids is 1. The maximum atomic E-state index is 11.8. The number of amides is 1. The van der Waals surface area contributed by atoms with Crippen LogP contribution < -0.4 is 5.32 Å². The molecule has 0 bridgehead atoms. The average molecular weight is 225 g/mol. The molecule has 0 atom stereocenters. The van der Waals surface area contributed by atoms with Crippen LogP contribution in [-0.4, -0.2) is 61.5 Å². The van der Waals surface area contributed by atoms with Crippen LogP contribution in [0.3, 0.4) is 0 Å². The van der Waals surface area contributed by atoms with Gasteiger partial charge in [-0.05, 0) is 19.9 Å². The van der Waals surface area contributed by atoms with Gasteiger partial charge in [0, 0.05) is 45.2 Å². The van der Waals surface area contributed by atoms with Crippen molar-refractivity contribution in [3.8, 4) is 0 Å². The van der Waals surface area contributed by atoms with Crippen molar-refractivity contribution in [2.45, 2.75) is 31.7 Å². The van der Waals surface area contributed by atoms with Crippen molar-refractivity contribution in [1.29, 1.82) is 0 Å². The summed E-state index contributed by atoms with van der Waals surface area (Å²) in [5.74, 6) is 0.308. The smallest absolute Gasteiger partial charge is 0.223 e. The van der Waals surface area contributed by atoms with Gasteiger partial charge in [-0.3, -0.25) is 9.69 Å². The Labute approximate surface area is 98.0 Å². The standard InChI is InChI=1S/C12H23N3O/c1-13-6-5-12(16)15-9-7-14(8-10-15)11-3-2-4-11/h11,13H,2-10H2,1H3. The first kappa shape index (κ1) is 11.9. The highest BCUT2D eigenvalue weighted by molar-refractivity contribution is 5.76. The third-order valence-corrected chi connectivity index (χ3v) is 3.85. The number of nitrogens with one attached hydrogen (secondary N) is 1. The molecule has 0 spiro atoms. The highest BCUT2D eigenvalue weighted by atomic mass is 16.2. The fourth-order valence-electron chi connectivity index (χ4n) is 2.48. The summed E-state index contributed by atoms with van der Waals surface area (Å²) in [5, 5.41) is 3.03. The van der Waals surface area contributed by atoms with Crippen molar-refractivity contribution < 1.29 is 4.79 Å². The first-order valence-electron chi connectivity index (χ1n) is 6.47. The molecule has 0 unspecified atom stereocenters. The van der Waals surface area contributed by atoms with Crippen LogP contribution in [-0.2, 0) is 4.79 Å². The molecule has 2 fully saturated rings. The van der Waals surface area contributed by atoms with Crippen molar-refractivity contribution in [2.24, 2.45) is 0 Å². The first-order chi connectivity index (χ1) is 7.81. The fraction of sp³-hybridized carbons (Fsp3) is 0.917. The van der Waals surface area contributed by atoms with Gasteiger partial charge in [-0.15, -0.1) is 0 Å². The zero-order valence-electron chi connectivity index (χ0n) is 10.2. The minimum Gasteiger partial charge on any atom is -0.340 e. The first-order valence-corrected chi connectivity index (χ1v) is 6.47. The third kappa shape index (κ3) is 2.74. The Bertz CT molecular complexity index is 232. The van der Waals surface area contributed by atoms with Crippen LogP contribution in [0.4, 0.5) is 0 Å². The highest BCUT2D eigenvalue weighted by Crippen LogP contribution is 2.25. The molecule has 1 aliphatic heterocycles. The lowest BCUT2D eigenvalue weighted by atomic mass is 9.91. The maximum Gasteiger partial charge on any atom is 0.223 e. The van der Waals surface area contributed by atoms with E-state index in [9.17, 15) is 4.79 Å². The minimum atomic E-state index is 0.308. The molecule has 1 aliphatic carbocycles. The zero-order chi connectivity index (χ0) is 11.4. The van der Waals surface area contributed by atoms with Gasteiger partial charge >= 0.3 is 0 Å². The maximum absolute atomic E-state index is 11.8. The Kier molecular flexibility index (Phi) is 4.18. The van der Waals surface area contributed by atoms with Gasteiger partial charge in [0.15, 0.2) is 0 Å². The van der Waals surface area contributed by atoms with Crippen molar-refractivity contribution in [3.05, 3.63) is 0 Å². The molecule has 1 N–H and O–H groups in total. The summed E-state index contributed by atoms with van der Waals surface area (Å²) in [5.41, 5.74) is 0. The van der Waals surface area contributed by atoms with Crippen LogP contribution in [0.1, 0.15) is 25.7 Å². The second-order valence-electron chi connectivity index (χ2n) is 4.86. The van der Waals surface area contributed by atoms with Crippen LogP contribution >= 0.6 is 0 Å². The summed E-state index contributed by atoms with van der Waals surface area (Å²) < 4.78 is 0. The second-order valence-corrected chi connectivity index (χ2v) is 4.86. The largest absolute Gasteiger partial charge is 0.340 e. The molecule has 2 aliphatic rings. The highest BCUT2D eigenvalue weighted by Gasteiger charge is 2.28. The van der Waals surface area contributed by atoms with E-state index < -0.39 is 0 Å². The molecule has 0 aromatic heterocycles. The third-order valence-electron chi connectivity index (χ3n) is 3.85. The number of carbonyl (C=O) groups is 1. The lowest BCUT2D eigenvalue weighted by Gasteiger charge is -2.43. The normalized spacial score (nSPS) is 23.2. The fourth-order valence-corrected chi connectivity index (χ4v) is 2.48. The van der Waals surface area contributed by atoms with E-state index in [1.807, 2.05) is 11.9 Å². The monoisotopic (exact) mass is 225 g/mol. The summed E-state index contributed by atoms with van der Waals surface area (Å²) in [7, 11) is 1.89. The van der Waals surface area contributed by atoms with E-state index in [0.29, 0.717) is 12.3 Å². The Morgan fingerprint density at radius 2 is 1.94 bits per heavy atom. The lowest BCUT2D eigenvalue weighted by molar-refractivity contribution is -0.133. The van der Waals surface area contributed by atoms with Crippen LogP contribution in [0.15, 0.2) is 0 Å². The number of rotatable bonds is 4. The van der Waals surface area contributed by atoms with Crippen LogP contribution in [0.2, 0.25) is 0 Å². The van der Waals surface area contributed by atoms with Crippen molar-refractivity contribution in [1.82, 2.24) is 15.1 Å². The van der Waals surface area contributed by atoms with Gasteiger partial charge in [-0.1, -0.05) is 6.42 Å². The van der Waals surface area contributed by atoms with Crippen molar-refractivity contribution >= 4 is 5.91 Å². The van der Waals surface area contributed by atoms with Crippen LogP contribution in [0.5, 0.6) is 0 Å². The van der Waals surface area contributed by atoms with E-state index in [-0.39, 0.29) is 0 Å². The SMILES string of the molecule is CNCCC(=O)N1CCN(C2CCC2)CC1. The molecule has 0 aromatic carbocycles. The molecule has 0 radical (unpaired) electrons. The molecule has 4 nitrogen and oxygen atoms in total. The minimum absolute atomic E-state index is 0.308. The molecule has 1 saturated heterocycles. The van der Waals surface area contributed by atoms with Gasteiger partial charge < -0.3 is 10.2 Å². The molecule has 16 heavy (non-hydrogen) atoms. The van der Waals surface area contributed by atoms with Gasteiger partial charge in [0.05, 0.1) is 0 Å². The van der Waals surface area contributed by atoms with Gasteiger partial charge in [-0.25, -0.2) is 0 Å². The number of hydrogen-bond donors (Lipinski definition) is 1. The van der Waals surface area contributed by atoms with Crippen LogP contribution in [0, 0.1) is 0 Å². The predicted molar refractivity (Wildman–Crippen MR) is 64.3 cm³/mol. The summed E-state index contributed by atoms with van der Waals surface area (Å²) >= 11 is 0. The van der Waals surface area contributed by atoms with E-state index in [1.165, 1.54) is 19.3 Å². The summed E-state index contributed by atoms with van der Waals surface area (Å²) in [6.45, 7) is 4.81. The van der Waals surface area contributed by atoms with Gasteiger partial charge in [-0.2, -0.15) is 0 Å². The number of nitrogens with zero attached hydrogens (tertiary/aromatic N) is 2. The molecule has 1 heterocycles. The Hall–Kier alpha value is -0.610. The second kappa shape index (κ2) is 5.64. The van der Waals surface area contributed by atoms with E-state index in [0.717, 1.165) is 38.8 Å². The van der Waals surface area contributed by atoms with Gasteiger partial charge in [0.1, 0.15) is 0 Å². The molecule has 4 heteroatoms. The van der Waals surface area contributed by atoms with Gasteiger partial charge in [0.2, 0.25) is 5.91 Å². The molecular weight excluding hydrogens is 202 g/mol. The summed E-state index contributed by atoms with van der Waals surface area (Å²) in [6, 6.07) is 0.828. The van der Waals surface area contributed by atoms with Crippen molar-refractivity contribution in [2.75, 3.05) is 39.8 Å². The molecular formula is C12H23N3O. The van der Waals surface area contributed by atoms with E-state index in [2.05, 4.69) is 10.2 Å². The van der Waals surface area contributed by atoms with E-state index >= 15 is 0 Å². The molecule has 1 amide bonds. The number of piperazine rings is 1. The number of hydrogen-bond acceptors (Lipinski definition) is 3. The lowest BCUT2D eigenvalue weighted by Crippen LogP contribution is -2.53. The molecule has 2 rings (SSSR count). The summed E-state index contributed by atoms with van der Waals surface area (Å²) in [6.07, 6.45) is 4.77. The Balaban J connectivity index is 1.69. The van der Waals surface area contributed by atoms with E-state index in [4.69, 9.17) is 0 Å². The molecule has 0 aromatic rings. The molecule has 1 saturated carbocycles. The van der Waals surface area contributed by atoms with Crippen LogP contribution in [0.25, 0.3) is 0 Å². The predicted octanol–water partition coefficient (Wildman–Crippen LogP) is 0.293. The topological polar surface area (TPSA) is 35.6 Å². The quantitative estimate of drug-likeness (QED) is 0.747. The Morgan fingerprint density at radius 3 is 2.44 bits per heavy atom. The summed E-state index contributed by atoms with van der Waals surface area (Å²) in [4.78, 5) is 16.4. The van der Waals surface area contributed by atoms with Crippen molar-refractivity contribution in [3.63, 3.8) is 0 Å². The molecule has 92 valence electrons. The van der Waals surface area contributed by atoms with Gasteiger partial charge in [0.25, 0.3) is 0 Å². The Morgan fingerprint density at radius 1 is 1.25 bits per heavy atom. The average Bonchev–Trinajstić information content (AvgIpc) is 2.24. The zero-order valence-corrected chi connectivity index (χ0v) is 10.2.